The normalized spacial score (nSPS) is 9.52. The minimum Gasteiger partial charge on any atom is -0.467 e. The maximum atomic E-state index is 11.7. The molecule has 0 atom stereocenters. The molecule has 1 amide bonds. The van der Waals surface area contributed by atoms with Crippen LogP contribution in [0.1, 0.15) is 11.1 Å². The van der Waals surface area contributed by atoms with Crippen molar-refractivity contribution >= 4 is 11.9 Å². The van der Waals surface area contributed by atoms with Crippen LogP contribution >= 0.6 is 0 Å². The minimum atomic E-state index is -0.712. The zero-order valence-electron chi connectivity index (χ0n) is 11.2. The predicted octanol–water partition coefficient (Wildman–Crippen LogP) is 2.11. The monoisotopic (exact) mass is 284 g/mol. The summed E-state index contributed by atoms with van der Waals surface area (Å²) in [5, 5.41) is 11.3. The SMILES string of the molecule is COc1ncc(C#N)c(NC(=O)OCc2ccccc2)n1. The van der Waals surface area contributed by atoms with Crippen LogP contribution in [0.4, 0.5) is 10.6 Å². The molecule has 106 valence electrons. The predicted molar refractivity (Wildman–Crippen MR) is 73.5 cm³/mol. The van der Waals surface area contributed by atoms with E-state index in [-0.39, 0.29) is 24.0 Å². The molecule has 0 saturated heterocycles. The molecule has 1 N–H and O–H groups in total. The maximum absolute atomic E-state index is 11.7. The first-order chi connectivity index (χ1) is 10.2. The van der Waals surface area contributed by atoms with Gasteiger partial charge in [0.1, 0.15) is 18.2 Å². The highest BCUT2D eigenvalue weighted by Gasteiger charge is 2.11. The van der Waals surface area contributed by atoms with Gasteiger partial charge in [0, 0.05) is 0 Å². The van der Waals surface area contributed by atoms with Crippen LogP contribution in [-0.4, -0.2) is 23.2 Å². The van der Waals surface area contributed by atoms with Crippen LogP contribution in [0.25, 0.3) is 0 Å². The van der Waals surface area contributed by atoms with Crippen molar-refractivity contribution < 1.29 is 14.3 Å². The van der Waals surface area contributed by atoms with Crippen LogP contribution < -0.4 is 10.1 Å². The Hall–Kier alpha value is -3.14. The number of carbonyl (C=O) groups excluding carboxylic acids is 1. The van der Waals surface area contributed by atoms with E-state index in [1.807, 2.05) is 36.4 Å². The van der Waals surface area contributed by atoms with Gasteiger partial charge in [-0.25, -0.2) is 9.78 Å². The number of ether oxygens (including phenoxy) is 2. The lowest BCUT2D eigenvalue weighted by Gasteiger charge is -2.08. The minimum absolute atomic E-state index is 0.0439. The number of nitrogens with one attached hydrogen (secondary N) is 1. The van der Waals surface area contributed by atoms with E-state index in [1.54, 1.807) is 0 Å². The number of nitrogens with zero attached hydrogens (tertiary/aromatic N) is 3. The average Bonchev–Trinajstić information content (AvgIpc) is 2.54. The van der Waals surface area contributed by atoms with Crippen LogP contribution in [0.2, 0.25) is 0 Å². The van der Waals surface area contributed by atoms with E-state index < -0.39 is 6.09 Å². The summed E-state index contributed by atoms with van der Waals surface area (Å²) in [6.07, 6.45) is 0.551. The van der Waals surface area contributed by atoms with E-state index in [1.165, 1.54) is 13.3 Å². The van der Waals surface area contributed by atoms with Gasteiger partial charge in [0.2, 0.25) is 0 Å². The van der Waals surface area contributed by atoms with Gasteiger partial charge >= 0.3 is 12.1 Å². The van der Waals surface area contributed by atoms with Gasteiger partial charge in [0.25, 0.3) is 0 Å². The first-order valence-corrected chi connectivity index (χ1v) is 6.01. The van der Waals surface area contributed by atoms with Gasteiger partial charge in [-0.15, -0.1) is 0 Å². The number of nitriles is 1. The molecule has 0 fully saturated rings. The lowest BCUT2D eigenvalue weighted by molar-refractivity contribution is 0.155. The Morgan fingerprint density at radius 2 is 2.14 bits per heavy atom. The molecule has 7 nitrogen and oxygen atoms in total. The van der Waals surface area contributed by atoms with Crippen LogP contribution in [0, 0.1) is 11.3 Å². The van der Waals surface area contributed by atoms with E-state index in [4.69, 9.17) is 14.7 Å². The van der Waals surface area contributed by atoms with Gasteiger partial charge in [0.05, 0.1) is 13.3 Å². The Labute approximate surface area is 121 Å². The van der Waals surface area contributed by atoms with Crippen LogP contribution in [-0.2, 0) is 11.3 Å². The van der Waals surface area contributed by atoms with Crippen molar-refractivity contribution in [3.05, 3.63) is 47.7 Å². The molecule has 0 radical (unpaired) electrons. The molecule has 0 spiro atoms. The maximum Gasteiger partial charge on any atom is 0.413 e. The number of anilines is 1. The molecule has 2 rings (SSSR count). The fourth-order valence-electron chi connectivity index (χ4n) is 1.50. The largest absolute Gasteiger partial charge is 0.467 e. The number of carbonyl (C=O) groups is 1. The number of benzene rings is 1. The highest BCUT2D eigenvalue weighted by Crippen LogP contribution is 2.14. The molecule has 0 aliphatic rings. The van der Waals surface area contributed by atoms with Crippen LogP contribution in [0.3, 0.4) is 0 Å². The van der Waals surface area contributed by atoms with Gasteiger partial charge in [-0.05, 0) is 5.56 Å². The summed E-state index contributed by atoms with van der Waals surface area (Å²) < 4.78 is 9.89. The third-order valence-electron chi connectivity index (χ3n) is 2.50. The molecule has 0 aliphatic carbocycles. The summed E-state index contributed by atoms with van der Waals surface area (Å²) in [6, 6.07) is 11.2. The number of rotatable bonds is 4. The number of amides is 1. The van der Waals surface area contributed by atoms with Gasteiger partial charge in [-0.3, -0.25) is 5.32 Å². The number of hydrogen-bond acceptors (Lipinski definition) is 6. The van der Waals surface area contributed by atoms with Crippen molar-refractivity contribution in [2.24, 2.45) is 0 Å². The highest BCUT2D eigenvalue weighted by atomic mass is 16.5. The highest BCUT2D eigenvalue weighted by molar-refractivity contribution is 5.84. The van der Waals surface area contributed by atoms with Crippen molar-refractivity contribution in [2.75, 3.05) is 12.4 Å². The Balaban J connectivity index is 2.01. The zero-order chi connectivity index (χ0) is 15.1. The van der Waals surface area contributed by atoms with E-state index in [0.717, 1.165) is 5.56 Å². The van der Waals surface area contributed by atoms with Gasteiger partial charge in [-0.1, -0.05) is 30.3 Å². The summed E-state index contributed by atoms with van der Waals surface area (Å²) in [6.45, 7) is 0.122. The summed E-state index contributed by atoms with van der Waals surface area (Å²) >= 11 is 0. The molecule has 21 heavy (non-hydrogen) atoms. The van der Waals surface area contributed by atoms with Gasteiger partial charge in [-0.2, -0.15) is 10.2 Å². The molecule has 1 aromatic carbocycles. The molecule has 0 saturated carbocycles. The Morgan fingerprint density at radius 3 is 2.81 bits per heavy atom. The quantitative estimate of drug-likeness (QED) is 0.923. The summed E-state index contributed by atoms with van der Waals surface area (Å²) in [5.74, 6) is 0.0439. The van der Waals surface area contributed by atoms with Crippen molar-refractivity contribution in [3.63, 3.8) is 0 Å². The summed E-state index contributed by atoms with van der Waals surface area (Å²) in [5.41, 5.74) is 0.973. The molecule has 7 heteroatoms. The van der Waals surface area contributed by atoms with Crippen molar-refractivity contribution in [2.45, 2.75) is 6.61 Å². The van der Waals surface area contributed by atoms with E-state index in [2.05, 4.69) is 15.3 Å². The molecular formula is C14H12N4O3. The van der Waals surface area contributed by atoms with Crippen molar-refractivity contribution in [3.8, 4) is 12.1 Å². The smallest absolute Gasteiger partial charge is 0.413 e. The summed E-state index contributed by atoms with van der Waals surface area (Å²) in [7, 11) is 1.39. The second kappa shape index (κ2) is 6.86. The standard InChI is InChI=1S/C14H12N4O3/c1-20-13-16-8-11(7-15)12(17-13)18-14(19)21-9-10-5-3-2-4-6-10/h2-6,8H,9H2,1H3,(H,16,17,18,19). The first kappa shape index (κ1) is 14.3. The second-order valence-corrected chi connectivity index (χ2v) is 3.92. The fraction of sp³-hybridized carbons (Fsp3) is 0.143. The Bertz CT molecular complexity index is 668. The fourth-order valence-corrected chi connectivity index (χ4v) is 1.50. The molecule has 2 aromatic rings. The lowest BCUT2D eigenvalue weighted by atomic mass is 10.2. The number of methoxy groups -OCH3 is 1. The van der Waals surface area contributed by atoms with Gasteiger partial charge in [0.15, 0.2) is 5.82 Å². The molecule has 0 aliphatic heterocycles. The van der Waals surface area contributed by atoms with E-state index in [0.29, 0.717) is 0 Å². The third kappa shape index (κ3) is 3.91. The van der Waals surface area contributed by atoms with Crippen molar-refractivity contribution in [1.29, 1.82) is 5.26 Å². The molecule has 1 heterocycles. The third-order valence-corrected chi connectivity index (χ3v) is 2.50. The Kier molecular flexibility index (Phi) is 4.66. The average molecular weight is 284 g/mol. The van der Waals surface area contributed by atoms with Crippen LogP contribution in [0.5, 0.6) is 6.01 Å². The summed E-state index contributed by atoms with van der Waals surface area (Å²) in [4.78, 5) is 19.4. The van der Waals surface area contributed by atoms with E-state index >= 15 is 0 Å². The molecular weight excluding hydrogens is 272 g/mol. The van der Waals surface area contributed by atoms with Gasteiger partial charge < -0.3 is 9.47 Å². The molecule has 0 unspecified atom stereocenters. The zero-order valence-corrected chi connectivity index (χ0v) is 11.2. The lowest BCUT2D eigenvalue weighted by Crippen LogP contribution is -2.16. The first-order valence-electron chi connectivity index (χ1n) is 6.01. The van der Waals surface area contributed by atoms with E-state index in [9.17, 15) is 4.79 Å². The number of hydrogen-bond donors (Lipinski definition) is 1. The van der Waals surface area contributed by atoms with Crippen LogP contribution in [0.15, 0.2) is 36.5 Å². The van der Waals surface area contributed by atoms with Crippen molar-refractivity contribution in [1.82, 2.24) is 9.97 Å². The second-order valence-electron chi connectivity index (χ2n) is 3.92. The Morgan fingerprint density at radius 1 is 1.38 bits per heavy atom. The molecule has 0 bridgehead atoms. The molecule has 1 aromatic heterocycles. The number of aromatic nitrogens is 2. The topological polar surface area (TPSA) is 97.1 Å².